The molecule has 1 fully saturated rings. The average Bonchev–Trinajstić information content (AvgIpc) is 3.21. The van der Waals surface area contributed by atoms with E-state index in [2.05, 4.69) is 20.2 Å². The molecular formula is C24H25F2N7O. The minimum atomic E-state index is -0.839. The molecule has 0 spiro atoms. The Morgan fingerprint density at radius 2 is 2.00 bits per heavy atom. The number of halogens is 2. The van der Waals surface area contributed by atoms with E-state index in [4.69, 9.17) is 4.98 Å². The monoisotopic (exact) mass is 465 g/mol. The molecule has 0 unspecified atom stereocenters. The molecule has 3 aromatic rings. The number of pyridine rings is 3. The second-order valence-electron chi connectivity index (χ2n) is 8.49. The Hall–Kier alpha value is -3.82. The van der Waals surface area contributed by atoms with E-state index >= 15 is 0 Å². The van der Waals surface area contributed by atoms with Gasteiger partial charge in [-0.05, 0) is 49.2 Å². The van der Waals surface area contributed by atoms with E-state index in [9.17, 15) is 13.6 Å². The van der Waals surface area contributed by atoms with Crippen molar-refractivity contribution in [3.8, 4) is 11.3 Å². The Balaban J connectivity index is 1.47. The first-order valence-corrected chi connectivity index (χ1v) is 11.3. The van der Waals surface area contributed by atoms with E-state index < -0.39 is 12.0 Å². The van der Waals surface area contributed by atoms with Gasteiger partial charge in [0, 0.05) is 38.4 Å². The number of hydrogen-bond acceptors (Lipinski definition) is 6. The lowest BCUT2D eigenvalue weighted by Gasteiger charge is -2.24. The predicted octanol–water partition coefficient (Wildman–Crippen LogP) is 4.10. The summed E-state index contributed by atoms with van der Waals surface area (Å²) in [5.74, 6) is 1.03. The first kappa shape index (κ1) is 22.0. The van der Waals surface area contributed by atoms with Crippen molar-refractivity contribution in [2.75, 3.05) is 53.2 Å². The van der Waals surface area contributed by atoms with Crippen molar-refractivity contribution < 1.29 is 13.6 Å². The first-order chi connectivity index (χ1) is 16.5. The Morgan fingerprint density at radius 3 is 2.76 bits per heavy atom. The summed E-state index contributed by atoms with van der Waals surface area (Å²) >= 11 is 0. The maximum Gasteiger partial charge on any atom is 0.328 e. The topological polar surface area (TPSA) is 77.5 Å². The van der Waals surface area contributed by atoms with Crippen LogP contribution in [0.1, 0.15) is 12.8 Å². The summed E-state index contributed by atoms with van der Waals surface area (Å²) in [7, 11) is 1.97. The molecule has 1 N–H and O–H groups in total. The molecule has 0 aliphatic carbocycles. The van der Waals surface area contributed by atoms with Gasteiger partial charge in [0.05, 0.1) is 24.1 Å². The lowest BCUT2D eigenvalue weighted by atomic mass is 10.1. The minimum absolute atomic E-state index is 0.261. The maximum absolute atomic E-state index is 13.7. The zero-order valence-electron chi connectivity index (χ0n) is 18.8. The number of carbonyl (C=O) groups excluding carboxylic acids is 1. The van der Waals surface area contributed by atoms with Crippen molar-refractivity contribution in [1.29, 1.82) is 0 Å². The molecule has 1 saturated heterocycles. The third-order valence-electron chi connectivity index (χ3n) is 6.10. The van der Waals surface area contributed by atoms with Crippen molar-refractivity contribution >= 4 is 29.2 Å². The highest BCUT2D eigenvalue weighted by Gasteiger charge is 2.27. The summed E-state index contributed by atoms with van der Waals surface area (Å²) in [5, 5.41) is 2.73. The van der Waals surface area contributed by atoms with Gasteiger partial charge >= 0.3 is 6.03 Å². The third kappa shape index (κ3) is 4.48. The molecule has 3 aromatic heterocycles. The Kier molecular flexibility index (Phi) is 5.95. The predicted molar refractivity (Wildman–Crippen MR) is 128 cm³/mol. The molecular weight excluding hydrogens is 440 g/mol. The molecule has 0 saturated carbocycles. The van der Waals surface area contributed by atoms with Gasteiger partial charge in [-0.25, -0.2) is 28.5 Å². The fourth-order valence-electron chi connectivity index (χ4n) is 4.29. The van der Waals surface area contributed by atoms with Crippen LogP contribution in [0.3, 0.4) is 0 Å². The highest BCUT2D eigenvalue weighted by Crippen LogP contribution is 2.34. The van der Waals surface area contributed by atoms with Gasteiger partial charge in [0.15, 0.2) is 5.82 Å². The van der Waals surface area contributed by atoms with Crippen LogP contribution in [0, 0.1) is 5.82 Å². The van der Waals surface area contributed by atoms with Crippen LogP contribution in [-0.2, 0) is 0 Å². The lowest BCUT2D eigenvalue weighted by molar-refractivity contribution is 0.256. The molecule has 0 bridgehead atoms. The van der Waals surface area contributed by atoms with E-state index in [-0.39, 0.29) is 11.8 Å². The van der Waals surface area contributed by atoms with Crippen LogP contribution in [0.4, 0.5) is 36.7 Å². The Labute approximate surface area is 196 Å². The van der Waals surface area contributed by atoms with Crippen LogP contribution in [-0.4, -0.2) is 60.4 Å². The summed E-state index contributed by atoms with van der Waals surface area (Å²) < 4.78 is 26.9. The molecule has 2 amide bonds. The standard InChI is InChI=1S/C24H25F2N7O/c1-31-10-2-11-33(24(34)30-21-6-3-17(25)14-28-21)23-20(31)5-4-19(29-23)16-7-9-27-22(13-16)32-12-8-18(26)15-32/h3-7,9,13-14,18H,2,8,10-12,15H2,1H3,(H,28,30,34)/t18-/m0/s1. The number of nitrogens with one attached hydrogen (secondary N) is 1. The fourth-order valence-corrected chi connectivity index (χ4v) is 4.29. The zero-order chi connectivity index (χ0) is 23.7. The van der Waals surface area contributed by atoms with Gasteiger partial charge < -0.3 is 9.80 Å². The summed E-state index contributed by atoms with van der Waals surface area (Å²) in [5.41, 5.74) is 2.35. The summed E-state index contributed by atoms with van der Waals surface area (Å²) in [6, 6.07) is 9.90. The number of alkyl halides is 1. The number of aromatic nitrogens is 3. The highest BCUT2D eigenvalue weighted by atomic mass is 19.1. The number of rotatable bonds is 3. The molecule has 0 aromatic carbocycles. The third-order valence-corrected chi connectivity index (χ3v) is 6.10. The second kappa shape index (κ2) is 9.20. The number of fused-ring (bicyclic) bond motifs is 1. The quantitative estimate of drug-likeness (QED) is 0.628. The van der Waals surface area contributed by atoms with Crippen molar-refractivity contribution in [3.05, 3.63) is 54.6 Å². The van der Waals surface area contributed by atoms with Gasteiger partial charge in [-0.1, -0.05) is 0 Å². The Morgan fingerprint density at radius 1 is 1.12 bits per heavy atom. The molecule has 34 heavy (non-hydrogen) atoms. The zero-order valence-corrected chi connectivity index (χ0v) is 18.8. The van der Waals surface area contributed by atoms with Crippen LogP contribution in [0.15, 0.2) is 48.8 Å². The van der Waals surface area contributed by atoms with E-state index in [1.54, 1.807) is 11.1 Å². The van der Waals surface area contributed by atoms with Crippen molar-refractivity contribution in [2.45, 2.75) is 19.0 Å². The number of hydrogen-bond donors (Lipinski definition) is 1. The number of nitrogens with zero attached hydrogens (tertiary/aromatic N) is 6. The van der Waals surface area contributed by atoms with Crippen molar-refractivity contribution in [3.63, 3.8) is 0 Å². The van der Waals surface area contributed by atoms with Crippen molar-refractivity contribution in [2.24, 2.45) is 0 Å². The van der Waals surface area contributed by atoms with Gasteiger partial charge in [0.2, 0.25) is 0 Å². The molecule has 2 aliphatic rings. The van der Waals surface area contributed by atoms with Crippen molar-refractivity contribution in [1.82, 2.24) is 15.0 Å². The average molecular weight is 466 g/mol. The second-order valence-corrected chi connectivity index (χ2v) is 8.49. The van der Waals surface area contributed by atoms with Gasteiger partial charge in [-0.2, -0.15) is 0 Å². The number of carbonyl (C=O) groups is 1. The van der Waals surface area contributed by atoms with E-state index in [0.717, 1.165) is 30.4 Å². The fraction of sp³-hybridized carbons (Fsp3) is 0.333. The number of urea groups is 1. The van der Waals surface area contributed by atoms with E-state index in [0.29, 0.717) is 43.4 Å². The molecule has 5 rings (SSSR count). The van der Waals surface area contributed by atoms with Gasteiger partial charge in [0.1, 0.15) is 23.6 Å². The maximum atomic E-state index is 13.7. The summed E-state index contributed by atoms with van der Waals surface area (Å²) in [6.07, 6.45) is 3.17. The molecule has 2 aliphatic heterocycles. The van der Waals surface area contributed by atoms with E-state index in [1.807, 2.05) is 36.2 Å². The largest absolute Gasteiger partial charge is 0.372 e. The number of amides is 2. The van der Waals surface area contributed by atoms with Gasteiger partial charge in [0.25, 0.3) is 0 Å². The molecule has 5 heterocycles. The molecule has 176 valence electrons. The molecule has 10 heteroatoms. The first-order valence-electron chi connectivity index (χ1n) is 11.3. The number of anilines is 4. The summed E-state index contributed by atoms with van der Waals surface area (Å²) in [4.78, 5) is 31.9. The normalized spacial score (nSPS) is 18.0. The minimum Gasteiger partial charge on any atom is -0.372 e. The Bertz CT molecular complexity index is 1190. The smallest absolute Gasteiger partial charge is 0.328 e. The summed E-state index contributed by atoms with van der Waals surface area (Å²) in [6.45, 7) is 2.20. The van der Waals surface area contributed by atoms with E-state index in [1.165, 1.54) is 12.1 Å². The highest BCUT2D eigenvalue weighted by molar-refractivity contribution is 6.03. The van der Waals surface area contributed by atoms with Crippen LogP contribution in [0.5, 0.6) is 0 Å². The van der Waals surface area contributed by atoms with Crippen LogP contribution < -0.4 is 20.0 Å². The van der Waals surface area contributed by atoms with Gasteiger partial charge in [-0.3, -0.25) is 10.2 Å². The van der Waals surface area contributed by atoms with Crippen LogP contribution in [0.25, 0.3) is 11.3 Å². The van der Waals surface area contributed by atoms with Crippen LogP contribution >= 0.6 is 0 Å². The van der Waals surface area contributed by atoms with Crippen LogP contribution in [0.2, 0.25) is 0 Å². The molecule has 0 radical (unpaired) electrons. The SMILES string of the molecule is CN1CCCN(C(=O)Nc2ccc(F)cn2)c2nc(-c3ccnc(N4CC[C@H](F)C4)c3)ccc21. The molecule has 1 atom stereocenters. The molecule has 8 nitrogen and oxygen atoms in total. The lowest BCUT2D eigenvalue weighted by Crippen LogP contribution is -2.36. The van der Waals surface area contributed by atoms with Gasteiger partial charge in [-0.15, -0.1) is 0 Å².